The molecule has 1 aromatic heterocycles. The number of piperidine rings is 1. The summed E-state index contributed by atoms with van der Waals surface area (Å²) in [5.41, 5.74) is 3.27. The van der Waals surface area contributed by atoms with E-state index < -0.39 is 5.60 Å². The monoisotopic (exact) mass is 607 g/mol. The maximum atomic E-state index is 13.7. The van der Waals surface area contributed by atoms with Crippen LogP contribution in [-0.2, 0) is 16.0 Å². The maximum absolute atomic E-state index is 13.7. The number of amides is 2. The van der Waals surface area contributed by atoms with Gasteiger partial charge in [-0.15, -0.1) is 0 Å². The second-order valence-electron chi connectivity index (χ2n) is 10.8. The average molecular weight is 609 g/mol. The zero-order valence-corrected chi connectivity index (χ0v) is 24.8. The predicted molar refractivity (Wildman–Crippen MR) is 156 cm³/mol. The van der Waals surface area contributed by atoms with E-state index in [0.717, 1.165) is 21.2 Å². The lowest BCUT2D eigenvalue weighted by atomic mass is 10.00. The fourth-order valence-electron chi connectivity index (χ4n) is 4.62. The topological polar surface area (TPSA) is 89.0 Å². The number of esters is 1. The molecule has 9 heteroatoms. The molecular weight excluding hydrogens is 574 g/mol. The van der Waals surface area contributed by atoms with E-state index in [1.54, 1.807) is 29.3 Å². The summed E-state index contributed by atoms with van der Waals surface area (Å²) < 4.78 is 11.1. The Labute approximate surface area is 243 Å². The molecule has 1 aliphatic heterocycles. The van der Waals surface area contributed by atoms with Gasteiger partial charge in [0.15, 0.2) is 0 Å². The molecule has 1 fully saturated rings. The van der Waals surface area contributed by atoms with Crippen LogP contribution in [0.4, 0.5) is 4.79 Å². The van der Waals surface area contributed by atoms with Gasteiger partial charge < -0.3 is 19.3 Å². The second-order valence-corrected chi connectivity index (χ2v) is 11.7. The first-order valence-corrected chi connectivity index (χ1v) is 14.0. The quantitative estimate of drug-likeness (QED) is 0.304. The van der Waals surface area contributed by atoms with Crippen LogP contribution in [-0.4, -0.2) is 64.6 Å². The van der Waals surface area contributed by atoms with E-state index >= 15 is 0 Å². The fraction of sp³-hybridized carbons (Fsp3) is 0.355. The number of aromatic nitrogens is 1. The normalized spacial score (nSPS) is 14.0. The van der Waals surface area contributed by atoms with Gasteiger partial charge in [0.2, 0.25) is 0 Å². The van der Waals surface area contributed by atoms with Gasteiger partial charge in [-0.3, -0.25) is 4.79 Å². The van der Waals surface area contributed by atoms with Crippen molar-refractivity contribution in [1.82, 2.24) is 14.8 Å². The Balaban J connectivity index is 1.50. The minimum atomic E-state index is -0.557. The summed E-state index contributed by atoms with van der Waals surface area (Å²) in [6, 6.07) is 18.8. The number of carbonyl (C=O) groups is 3. The molecule has 0 saturated carbocycles. The molecule has 0 spiro atoms. The van der Waals surface area contributed by atoms with Crippen LogP contribution < -0.4 is 0 Å². The van der Waals surface area contributed by atoms with Crippen LogP contribution in [0.1, 0.15) is 60.0 Å². The summed E-state index contributed by atoms with van der Waals surface area (Å²) in [5, 5.41) is 0. The predicted octanol–water partition coefficient (Wildman–Crippen LogP) is 6.34. The number of carbonyl (C=O) groups excluding carboxylic acids is 3. The van der Waals surface area contributed by atoms with Crippen molar-refractivity contribution in [1.29, 1.82) is 0 Å². The van der Waals surface area contributed by atoms with E-state index in [-0.39, 0.29) is 24.0 Å². The lowest BCUT2D eigenvalue weighted by Crippen LogP contribution is -2.49. The Bertz CT molecular complexity index is 1330. The highest BCUT2D eigenvalue weighted by Gasteiger charge is 2.32. The van der Waals surface area contributed by atoms with E-state index in [9.17, 15) is 14.4 Å². The Kier molecular flexibility index (Phi) is 9.25. The minimum Gasteiger partial charge on any atom is -0.465 e. The van der Waals surface area contributed by atoms with Crippen molar-refractivity contribution in [3.8, 4) is 11.1 Å². The highest BCUT2D eigenvalue weighted by atomic mass is 79.9. The first-order chi connectivity index (χ1) is 19.0. The summed E-state index contributed by atoms with van der Waals surface area (Å²) in [6.45, 7) is 6.99. The van der Waals surface area contributed by atoms with Crippen LogP contribution in [0.2, 0.25) is 0 Å². The van der Waals surface area contributed by atoms with Crippen molar-refractivity contribution in [3.63, 3.8) is 0 Å². The summed E-state index contributed by atoms with van der Waals surface area (Å²) in [6.07, 6.45) is 2.59. The van der Waals surface area contributed by atoms with Crippen LogP contribution in [0, 0.1) is 0 Å². The van der Waals surface area contributed by atoms with Gasteiger partial charge >= 0.3 is 12.1 Å². The molecule has 0 unspecified atom stereocenters. The summed E-state index contributed by atoms with van der Waals surface area (Å²) in [7, 11) is 1.36. The second kappa shape index (κ2) is 12.6. The van der Waals surface area contributed by atoms with Crippen LogP contribution in [0.15, 0.2) is 71.3 Å². The van der Waals surface area contributed by atoms with E-state index in [1.807, 2.05) is 68.1 Å². The van der Waals surface area contributed by atoms with E-state index in [1.165, 1.54) is 7.11 Å². The average Bonchev–Trinajstić information content (AvgIpc) is 2.95. The lowest BCUT2D eigenvalue weighted by molar-refractivity contribution is 0.0141. The lowest BCUT2D eigenvalue weighted by Gasteiger charge is -2.39. The molecule has 8 nitrogen and oxygen atoms in total. The van der Waals surface area contributed by atoms with Gasteiger partial charge in [0.25, 0.3) is 5.91 Å². The van der Waals surface area contributed by atoms with Crippen molar-refractivity contribution in [2.75, 3.05) is 20.2 Å². The molecule has 1 aliphatic rings. The molecule has 4 rings (SSSR count). The molecule has 40 heavy (non-hydrogen) atoms. The Morgan fingerprint density at radius 3 is 2.08 bits per heavy atom. The Hall–Kier alpha value is -3.72. The van der Waals surface area contributed by atoms with Crippen molar-refractivity contribution in [2.24, 2.45) is 0 Å². The third kappa shape index (κ3) is 7.47. The van der Waals surface area contributed by atoms with Crippen molar-refractivity contribution in [2.45, 2.75) is 51.8 Å². The molecule has 2 amide bonds. The van der Waals surface area contributed by atoms with Gasteiger partial charge in [-0.1, -0.05) is 36.4 Å². The first-order valence-electron chi connectivity index (χ1n) is 13.2. The number of ether oxygens (including phenoxy) is 2. The number of rotatable bonds is 6. The molecule has 210 valence electrons. The number of methoxy groups -OCH3 is 1. The number of hydrogen-bond acceptors (Lipinski definition) is 6. The molecule has 0 atom stereocenters. The summed E-state index contributed by atoms with van der Waals surface area (Å²) in [5.74, 6) is -0.519. The van der Waals surface area contributed by atoms with Crippen LogP contribution in [0.3, 0.4) is 0 Å². The van der Waals surface area contributed by atoms with Gasteiger partial charge in [0.05, 0.1) is 12.7 Å². The van der Waals surface area contributed by atoms with E-state index in [2.05, 4.69) is 20.9 Å². The molecular formula is C31H34BrN3O5. The molecule has 2 aromatic carbocycles. The molecule has 2 heterocycles. The molecule has 0 aliphatic carbocycles. The van der Waals surface area contributed by atoms with E-state index in [4.69, 9.17) is 9.47 Å². The maximum Gasteiger partial charge on any atom is 0.410 e. The Morgan fingerprint density at radius 1 is 0.950 bits per heavy atom. The number of hydrogen-bond donors (Lipinski definition) is 0. The minimum absolute atomic E-state index is 0.0535. The van der Waals surface area contributed by atoms with Crippen LogP contribution in [0.25, 0.3) is 11.1 Å². The Morgan fingerprint density at radius 2 is 1.55 bits per heavy atom. The summed E-state index contributed by atoms with van der Waals surface area (Å²) >= 11 is 3.38. The first kappa shape index (κ1) is 29.3. The number of benzene rings is 2. The van der Waals surface area contributed by atoms with Crippen LogP contribution >= 0.6 is 15.9 Å². The van der Waals surface area contributed by atoms with Gasteiger partial charge in [-0.05, 0) is 90.5 Å². The smallest absolute Gasteiger partial charge is 0.410 e. The SMILES string of the molecule is COC(=O)c1ccc(-c2ccc(CN(C(=O)c3ccc(Br)cn3)C3CCN(C(=O)OC(C)(C)C)CC3)cc2)cc1. The molecule has 3 aromatic rings. The molecule has 0 bridgehead atoms. The van der Waals surface area contributed by atoms with Crippen molar-refractivity contribution >= 4 is 33.9 Å². The molecule has 0 radical (unpaired) electrons. The van der Waals surface area contributed by atoms with Gasteiger partial charge in [-0.2, -0.15) is 0 Å². The largest absolute Gasteiger partial charge is 0.465 e. The van der Waals surface area contributed by atoms with Crippen molar-refractivity contribution in [3.05, 3.63) is 88.2 Å². The standard InChI is InChI=1S/C31H34BrN3O5/c1-31(2,3)40-30(38)34-17-15-26(16-18-34)35(28(36)27-14-13-25(32)19-33-27)20-21-5-7-22(8-6-21)23-9-11-24(12-10-23)29(37)39-4/h5-14,19,26H,15-18,20H2,1-4H3. The highest BCUT2D eigenvalue weighted by Crippen LogP contribution is 2.25. The number of halogens is 1. The number of pyridine rings is 1. The zero-order chi connectivity index (χ0) is 28.9. The zero-order valence-electron chi connectivity index (χ0n) is 23.2. The van der Waals surface area contributed by atoms with Gasteiger partial charge in [-0.25, -0.2) is 14.6 Å². The summed E-state index contributed by atoms with van der Waals surface area (Å²) in [4.78, 5) is 45.9. The fourth-order valence-corrected chi connectivity index (χ4v) is 4.85. The van der Waals surface area contributed by atoms with Crippen molar-refractivity contribution < 1.29 is 23.9 Å². The number of likely N-dealkylation sites (tertiary alicyclic amines) is 1. The van der Waals surface area contributed by atoms with E-state index in [0.29, 0.717) is 43.7 Å². The van der Waals surface area contributed by atoms with Gasteiger partial charge in [0, 0.05) is 36.3 Å². The third-order valence-electron chi connectivity index (χ3n) is 6.71. The highest BCUT2D eigenvalue weighted by molar-refractivity contribution is 9.10. The molecule has 0 N–H and O–H groups in total. The molecule has 1 saturated heterocycles. The van der Waals surface area contributed by atoms with Gasteiger partial charge in [0.1, 0.15) is 11.3 Å². The van der Waals surface area contributed by atoms with Crippen LogP contribution in [0.5, 0.6) is 0 Å². The number of nitrogens with zero attached hydrogens (tertiary/aromatic N) is 3. The third-order valence-corrected chi connectivity index (χ3v) is 7.18.